The highest BCUT2D eigenvalue weighted by Crippen LogP contribution is 2.34. The van der Waals surface area contributed by atoms with E-state index in [-0.39, 0.29) is 0 Å². The van der Waals surface area contributed by atoms with Gasteiger partial charge in [0, 0.05) is 11.8 Å². The summed E-state index contributed by atoms with van der Waals surface area (Å²) in [4.78, 5) is 9.03. The number of hydrogen-bond acceptors (Lipinski definition) is 2. The average Bonchev–Trinajstić information content (AvgIpc) is 2.60. The third-order valence-electron chi connectivity index (χ3n) is 4.24. The minimum absolute atomic E-state index is 0.454. The predicted molar refractivity (Wildman–Crippen MR) is 85.3 cm³/mol. The van der Waals surface area contributed by atoms with Crippen molar-refractivity contribution in [3.63, 3.8) is 0 Å². The van der Waals surface area contributed by atoms with Crippen LogP contribution in [0.3, 0.4) is 0 Å². The molecule has 0 unspecified atom stereocenters. The Labute approximate surface area is 137 Å². The highest BCUT2D eigenvalue weighted by Gasteiger charge is 2.30. The molecule has 2 aromatic heterocycles. The summed E-state index contributed by atoms with van der Waals surface area (Å²) in [5, 5.41) is 0. The molecule has 1 aromatic carbocycles. The molecule has 0 spiro atoms. The molecule has 0 radical (unpaired) electrons. The second-order valence-corrected chi connectivity index (χ2v) is 5.79. The van der Waals surface area contributed by atoms with Crippen LogP contribution in [0.1, 0.15) is 16.7 Å². The van der Waals surface area contributed by atoms with E-state index >= 15 is 0 Å². The molecule has 5 heteroatoms. The van der Waals surface area contributed by atoms with Gasteiger partial charge in [0.2, 0.25) is 0 Å². The summed E-state index contributed by atoms with van der Waals surface area (Å²) in [6.45, 7) is 0. The fourth-order valence-electron chi connectivity index (χ4n) is 3.03. The summed E-state index contributed by atoms with van der Waals surface area (Å²) in [5.74, 6) is 0. The van der Waals surface area contributed by atoms with Crippen LogP contribution >= 0.6 is 0 Å². The fraction of sp³-hybridized carbons (Fsp3) is 0.158. The van der Waals surface area contributed by atoms with E-state index < -0.39 is 11.7 Å². The Morgan fingerprint density at radius 3 is 2.42 bits per heavy atom. The monoisotopic (exact) mass is 326 g/mol. The molecule has 0 bridgehead atoms. The second-order valence-electron chi connectivity index (χ2n) is 5.79. The van der Waals surface area contributed by atoms with Gasteiger partial charge in [-0.05, 0) is 48.2 Å². The number of pyridine rings is 2. The Bertz CT molecular complexity index is 916. The Balaban J connectivity index is 1.83. The van der Waals surface area contributed by atoms with E-state index in [2.05, 4.69) is 9.97 Å². The van der Waals surface area contributed by atoms with Crippen LogP contribution in [-0.4, -0.2) is 9.97 Å². The maximum absolute atomic E-state index is 12.9. The molecule has 0 aliphatic heterocycles. The van der Waals surface area contributed by atoms with Gasteiger partial charge in [0.25, 0.3) is 0 Å². The van der Waals surface area contributed by atoms with Gasteiger partial charge in [0.1, 0.15) is 0 Å². The molecule has 0 fully saturated rings. The third-order valence-corrected chi connectivity index (χ3v) is 4.24. The van der Waals surface area contributed by atoms with Crippen molar-refractivity contribution in [3.8, 4) is 22.6 Å². The standard InChI is InChI=1S/C19H13F3N2/c20-19(21,22)15-5-1-3-14(11-15)16-9-8-13-7-6-12-4-2-10-23-17(12)18(13)24-16/h1-5,8-11H,6-7H2. The number of hydrogen-bond donors (Lipinski definition) is 0. The number of fused-ring (bicyclic) bond motifs is 3. The van der Waals surface area contributed by atoms with Gasteiger partial charge >= 0.3 is 6.18 Å². The maximum atomic E-state index is 12.9. The fourth-order valence-corrected chi connectivity index (χ4v) is 3.03. The quantitative estimate of drug-likeness (QED) is 0.634. The van der Waals surface area contributed by atoms with Crippen molar-refractivity contribution in [2.45, 2.75) is 19.0 Å². The van der Waals surface area contributed by atoms with Crippen LogP contribution in [0.2, 0.25) is 0 Å². The molecular formula is C19H13F3N2. The van der Waals surface area contributed by atoms with Crippen LogP contribution in [0.4, 0.5) is 13.2 Å². The zero-order chi connectivity index (χ0) is 16.7. The Morgan fingerprint density at radius 2 is 1.62 bits per heavy atom. The Morgan fingerprint density at radius 1 is 0.833 bits per heavy atom. The summed E-state index contributed by atoms with van der Waals surface area (Å²) < 4.78 is 38.8. The molecule has 120 valence electrons. The molecule has 24 heavy (non-hydrogen) atoms. The molecule has 0 saturated carbocycles. The molecule has 2 heterocycles. The molecule has 2 nitrogen and oxygen atoms in total. The number of nitrogens with zero attached hydrogens (tertiary/aromatic N) is 2. The lowest BCUT2D eigenvalue weighted by Crippen LogP contribution is -2.08. The number of aryl methyl sites for hydroxylation is 2. The average molecular weight is 326 g/mol. The molecule has 0 N–H and O–H groups in total. The molecule has 4 rings (SSSR count). The van der Waals surface area contributed by atoms with Gasteiger partial charge in [-0.1, -0.05) is 24.3 Å². The molecule has 1 aliphatic rings. The molecule has 0 saturated heterocycles. The number of halogens is 3. The smallest absolute Gasteiger partial charge is 0.254 e. The Kier molecular flexibility index (Phi) is 3.37. The number of benzene rings is 1. The van der Waals surface area contributed by atoms with Gasteiger partial charge in [0.15, 0.2) is 0 Å². The van der Waals surface area contributed by atoms with Crippen molar-refractivity contribution in [3.05, 3.63) is 71.4 Å². The van der Waals surface area contributed by atoms with E-state index in [9.17, 15) is 13.2 Å². The first kappa shape index (κ1) is 14.9. The summed E-state index contributed by atoms with van der Waals surface area (Å²) in [6, 6.07) is 12.9. The Hall–Kier alpha value is -2.69. The van der Waals surface area contributed by atoms with Crippen molar-refractivity contribution in [2.75, 3.05) is 0 Å². The first-order valence-corrected chi connectivity index (χ1v) is 7.64. The molecule has 1 aliphatic carbocycles. The first-order chi connectivity index (χ1) is 11.5. The summed E-state index contributed by atoms with van der Waals surface area (Å²) in [6.07, 6.45) is -0.879. The zero-order valence-corrected chi connectivity index (χ0v) is 12.6. The van der Waals surface area contributed by atoms with Crippen LogP contribution in [0.25, 0.3) is 22.6 Å². The third kappa shape index (κ3) is 2.56. The zero-order valence-electron chi connectivity index (χ0n) is 12.6. The van der Waals surface area contributed by atoms with Crippen LogP contribution in [0.5, 0.6) is 0 Å². The van der Waals surface area contributed by atoms with Crippen LogP contribution in [0, 0.1) is 0 Å². The molecule has 3 aromatic rings. The summed E-state index contributed by atoms with van der Waals surface area (Å²) in [5.41, 5.74) is 4.11. The van der Waals surface area contributed by atoms with Gasteiger partial charge in [-0.15, -0.1) is 0 Å². The lowest BCUT2D eigenvalue weighted by molar-refractivity contribution is -0.137. The van der Waals surface area contributed by atoms with Gasteiger partial charge in [0.05, 0.1) is 22.6 Å². The van der Waals surface area contributed by atoms with Crippen molar-refractivity contribution < 1.29 is 13.2 Å². The van der Waals surface area contributed by atoms with Crippen molar-refractivity contribution >= 4 is 0 Å². The van der Waals surface area contributed by atoms with Crippen molar-refractivity contribution in [1.82, 2.24) is 9.97 Å². The van der Waals surface area contributed by atoms with Crippen molar-refractivity contribution in [2.24, 2.45) is 0 Å². The predicted octanol–water partition coefficient (Wildman–Crippen LogP) is 4.93. The van der Waals surface area contributed by atoms with Crippen molar-refractivity contribution in [1.29, 1.82) is 0 Å². The largest absolute Gasteiger partial charge is 0.416 e. The van der Waals surface area contributed by atoms with E-state index in [1.54, 1.807) is 18.3 Å². The van der Waals surface area contributed by atoms with Gasteiger partial charge in [-0.2, -0.15) is 13.2 Å². The number of alkyl halides is 3. The minimum atomic E-state index is -4.36. The van der Waals surface area contributed by atoms with E-state index in [0.29, 0.717) is 11.3 Å². The van der Waals surface area contributed by atoms with E-state index in [0.717, 1.165) is 47.5 Å². The molecular weight excluding hydrogens is 313 g/mol. The second kappa shape index (κ2) is 5.44. The highest BCUT2D eigenvalue weighted by molar-refractivity contribution is 5.70. The van der Waals surface area contributed by atoms with Crippen LogP contribution in [0.15, 0.2) is 54.7 Å². The molecule has 0 amide bonds. The normalized spacial score (nSPS) is 13.3. The topological polar surface area (TPSA) is 25.8 Å². The first-order valence-electron chi connectivity index (χ1n) is 7.64. The SMILES string of the molecule is FC(F)(F)c1cccc(-c2ccc3c(n2)-c2ncccc2CC3)c1. The molecule has 0 atom stereocenters. The van der Waals surface area contributed by atoms with Gasteiger partial charge in [-0.3, -0.25) is 4.98 Å². The van der Waals surface area contributed by atoms with Crippen LogP contribution < -0.4 is 0 Å². The highest BCUT2D eigenvalue weighted by atomic mass is 19.4. The van der Waals surface area contributed by atoms with Gasteiger partial charge in [-0.25, -0.2) is 4.98 Å². The van der Waals surface area contributed by atoms with Crippen LogP contribution in [-0.2, 0) is 19.0 Å². The van der Waals surface area contributed by atoms with E-state index in [4.69, 9.17) is 0 Å². The summed E-state index contributed by atoms with van der Waals surface area (Å²) >= 11 is 0. The lowest BCUT2D eigenvalue weighted by atomic mass is 9.92. The van der Waals surface area contributed by atoms with E-state index in [1.165, 1.54) is 6.07 Å². The maximum Gasteiger partial charge on any atom is 0.416 e. The van der Waals surface area contributed by atoms with E-state index in [1.807, 2.05) is 18.2 Å². The minimum Gasteiger partial charge on any atom is -0.254 e. The summed E-state index contributed by atoms with van der Waals surface area (Å²) in [7, 11) is 0. The lowest BCUT2D eigenvalue weighted by Gasteiger charge is -2.18. The number of aromatic nitrogens is 2. The van der Waals surface area contributed by atoms with Gasteiger partial charge < -0.3 is 0 Å². The number of rotatable bonds is 1.